The van der Waals surface area contributed by atoms with Crippen molar-refractivity contribution in [3.8, 4) is 0 Å². The van der Waals surface area contributed by atoms with E-state index in [2.05, 4.69) is 5.32 Å². The molecule has 1 aliphatic carbocycles. The van der Waals surface area contributed by atoms with Crippen LogP contribution in [0.15, 0.2) is 34.9 Å². The molecule has 0 radical (unpaired) electrons. The Hall–Kier alpha value is -1.85. The number of esters is 1. The molecular weight excluding hydrogens is 346 g/mol. The van der Waals surface area contributed by atoms with Crippen LogP contribution in [-0.2, 0) is 4.74 Å². The third-order valence-electron chi connectivity index (χ3n) is 4.00. The average molecular weight is 364 g/mol. The van der Waals surface area contributed by atoms with E-state index in [0.717, 1.165) is 23.7 Å². The standard InChI is InChI=1S/C18H18ClNO3S/c1-11-14(7-9-22-11)17(24)20-13-4-5-16(19)15(10-13)18(21)23-8-6-12-2-3-12/h4-5,7,9-10,12H,2-3,6,8H2,1H3,(H,20,24). The molecule has 0 spiro atoms. The maximum Gasteiger partial charge on any atom is 0.339 e. The Labute approximate surface area is 151 Å². The molecule has 0 saturated heterocycles. The molecule has 1 N–H and O–H groups in total. The predicted octanol–water partition coefficient (Wildman–Crippen LogP) is 4.99. The Bertz CT molecular complexity index is 767. The van der Waals surface area contributed by atoms with Crippen LogP contribution in [0.1, 0.15) is 40.9 Å². The highest BCUT2D eigenvalue weighted by atomic mass is 35.5. The van der Waals surface area contributed by atoms with Crippen LogP contribution in [0.2, 0.25) is 5.02 Å². The van der Waals surface area contributed by atoms with Gasteiger partial charge in [-0.15, -0.1) is 0 Å². The zero-order valence-electron chi connectivity index (χ0n) is 13.3. The fourth-order valence-corrected chi connectivity index (χ4v) is 2.91. The van der Waals surface area contributed by atoms with Crippen molar-refractivity contribution in [3.05, 3.63) is 52.4 Å². The molecule has 1 aromatic carbocycles. The number of aryl methyl sites for hydroxylation is 1. The van der Waals surface area contributed by atoms with Gasteiger partial charge in [-0.25, -0.2) is 4.79 Å². The maximum absolute atomic E-state index is 12.2. The number of halogens is 1. The van der Waals surface area contributed by atoms with Gasteiger partial charge in [0.05, 0.1) is 29.0 Å². The number of carbonyl (C=O) groups excluding carboxylic acids is 1. The van der Waals surface area contributed by atoms with Gasteiger partial charge in [0.15, 0.2) is 0 Å². The van der Waals surface area contributed by atoms with E-state index in [4.69, 9.17) is 33.0 Å². The molecule has 0 amide bonds. The van der Waals surface area contributed by atoms with Gasteiger partial charge in [-0.1, -0.05) is 36.7 Å². The summed E-state index contributed by atoms with van der Waals surface area (Å²) in [7, 11) is 0. The molecule has 4 nitrogen and oxygen atoms in total. The summed E-state index contributed by atoms with van der Waals surface area (Å²) >= 11 is 11.5. The van der Waals surface area contributed by atoms with Gasteiger partial charge in [0.25, 0.3) is 0 Å². The number of thiocarbonyl (C=S) groups is 1. The lowest BCUT2D eigenvalue weighted by atomic mass is 10.2. The smallest absolute Gasteiger partial charge is 0.339 e. The Morgan fingerprint density at radius 3 is 2.83 bits per heavy atom. The lowest BCUT2D eigenvalue weighted by molar-refractivity contribution is 0.0495. The van der Waals surface area contributed by atoms with Crippen molar-refractivity contribution >= 4 is 40.5 Å². The molecule has 24 heavy (non-hydrogen) atoms. The van der Waals surface area contributed by atoms with E-state index in [-0.39, 0.29) is 0 Å². The van der Waals surface area contributed by atoms with Crippen LogP contribution in [-0.4, -0.2) is 17.6 Å². The van der Waals surface area contributed by atoms with E-state index in [1.54, 1.807) is 30.5 Å². The van der Waals surface area contributed by atoms with E-state index < -0.39 is 5.97 Å². The quantitative estimate of drug-likeness (QED) is 0.579. The van der Waals surface area contributed by atoms with Gasteiger partial charge in [-0.05, 0) is 43.5 Å². The average Bonchev–Trinajstić information content (AvgIpc) is 3.28. The first kappa shape index (κ1) is 17.0. The second kappa shape index (κ2) is 7.36. The third-order valence-corrected chi connectivity index (χ3v) is 4.66. The van der Waals surface area contributed by atoms with E-state index in [9.17, 15) is 4.79 Å². The molecule has 1 aromatic heterocycles. The number of furan rings is 1. The number of carbonyl (C=O) groups is 1. The van der Waals surface area contributed by atoms with Crippen molar-refractivity contribution in [3.63, 3.8) is 0 Å². The van der Waals surface area contributed by atoms with Crippen LogP contribution >= 0.6 is 23.8 Å². The number of hydrogen-bond acceptors (Lipinski definition) is 4. The molecular formula is C18H18ClNO3S. The van der Waals surface area contributed by atoms with Crippen molar-refractivity contribution in [2.75, 3.05) is 11.9 Å². The Balaban J connectivity index is 1.67. The molecule has 3 rings (SSSR count). The van der Waals surface area contributed by atoms with Crippen LogP contribution in [0.5, 0.6) is 0 Å². The molecule has 1 fully saturated rings. The van der Waals surface area contributed by atoms with Crippen LogP contribution in [0.25, 0.3) is 0 Å². The number of nitrogens with one attached hydrogen (secondary N) is 1. The van der Waals surface area contributed by atoms with E-state index >= 15 is 0 Å². The third kappa shape index (κ3) is 4.16. The summed E-state index contributed by atoms with van der Waals surface area (Å²) in [6, 6.07) is 6.88. The van der Waals surface area contributed by atoms with Crippen molar-refractivity contribution in [1.29, 1.82) is 0 Å². The monoisotopic (exact) mass is 363 g/mol. The Morgan fingerprint density at radius 1 is 1.38 bits per heavy atom. The van der Waals surface area contributed by atoms with Crippen LogP contribution in [0.4, 0.5) is 5.69 Å². The molecule has 126 valence electrons. The lowest BCUT2D eigenvalue weighted by Gasteiger charge is -2.10. The number of ether oxygens (including phenoxy) is 1. The summed E-state index contributed by atoms with van der Waals surface area (Å²) < 4.78 is 10.6. The summed E-state index contributed by atoms with van der Waals surface area (Å²) in [6.07, 6.45) is 4.99. The van der Waals surface area contributed by atoms with Crippen LogP contribution in [0, 0.1) is 12.8 Å². The fraction of sp³-hybridized carbons (Fsp3) is 0.333. The highest BCUT2D eigenvalue weighted by Gasteiger charge is 2.22. The minimum Gasteiger partial charge on any atom is -0.469 e. The summed E-state index contributed by atoms with van der Waals surface area (Å²) in [5.74, 6) is 1.05. The maximum atomic E-state index is 12.2. The first-order valence-corrected chi connectivity index (χ1v) is 8.65. The SMILES string of the molecule is Cc1occc1C(=S)Nc1ccc(Cl)c(C(=O)OCCC2CC2)c1. The van der Waals surface area contributed by atoms with Crippen molar-refractivity contribution in [2.45, 2.75) is 26.2 Å². The minimum atomic E-state index is -0.408. The minimum absolute atomic E-state index is 0.337. The Kier molecular flexibility index (Phi) is 5.21. The number of hydrogen-bond donors (Lipinski definition) is 1. The zero-order chi connectivity index (χ0) is 17.1. The molecule has 1 heterocycles. The van der Waals surface area contributed by atoms with Gasteiger partial charge < -0.3 is 14.5 Å². The van der Waals surface area contributed by atoms with Crippen molar-refractivity contribution in [2.24, 2.45) is 5.92 Å². The molecule has 1 saturated carbocycles. The second-order valence-corrected chi connectivity index (χ2v) is 6.72. The molecule has 0 unspecified atom stereocenters. The highest BCUT2D eigenvalue weighted by molar-refractivity contribution is 7.81. The summed E-state index contributed by atoms with van der Waals surface area (Å²) in [4.78, 5) is 12.7. The number of benzene rings is 1. The van der Waals surface area contributed by atoms with Gasteiger partial charge >= 0.3 is 5.97 Å². The Morgan fingerprint density at radius 2 is 2.17 bits per heavy atom. The summed E-state index contributed by atoms with van der Waals surface area (Å²) in [6.45, 7) is 2.28. The predicted molar refractivity (Wildman–Crippen MR) is 97.8 cm³/mol. The zero-order valence-corrected chi connectivity index (χ0v) is 14.9. The van der Waals surface area contributed by atoms with Gasteiger partial charge in [0, 0.05) is 5.69 Å². The van der Waals surface area contributed by atoms with Crippen LogP contribution < -0.4 is 5.32 Å². The first-order chi connectivity index (χ1) is 11.5. The van der Waals surface area contributed by atoms with Gasteiger partial charge in [0.1, 0.15) is 10.7 Å². The molecule has 0 aliphatic heterocycles. The fourth-order valence-electron chi connectivity index (χ4n) is 2.38. The lowest BCUT2D eigenvalue weighted by Crippen LogP contribution is -2.12. The van der Waals surface area contributed by atoms with Gasteiger partial charge in [-0.3, -0.25) is 0 Å². The van der Waals surface area contributed by atoms with E-state index in [1.807, 2.05) is 6.92 Å². The largest absolute Gasteiger partial charge is 0.469 e. The van der Waals surface area contributed by atoms with E-state index in [1.165, 1.54) is 12.8 Å². The van der Waals surface area contributed by atoms with Crippen molar-refractivity contribution < 1.29 is 13.9 Å². The number of rotatable bonds is 6. The molecule has 1 aliphatic rings. The van der Waals surface area contributed by atoms with Crippen molar-refractivity contribution in [1.82, 2.24) is 0 Å². The summed E-state index contributed by atoms with van der Waals surface area (Å²) in [5, 5.41) is 3.46. The van der Waals surface area contributed by atoms with E-state index in [0.29, 0.717) is 27.9 Å². The highest BCUT2D eigenvalue weighted by Crippen LogP contribution is 2.32. The molecule has 0 bridgehead atoms. The molecule has 0 atom stereocenters. The number of anilines is 1. The van der Waals surface area contributed by atoms with Gasteiger partial charge in [-0.2, -0.15) is 0 Å². The topological polar surface area (TPSA) is 51.5 Å². The second-order valence-electron chi connectivity index (χ2n) is 5.91. The van der Waals surface area contributed by atoms with Crippen LogP contribution in [0.3, 0.4) is 0 Å². The molecule has 2 aromatic rings. The summed E-state index contributed by atoms with van der Waals surface area (Å²) in [5.41, 5.74) is 1.83. The van der Waals surface area contributed by atoms with Gasteiger partial charge in [0.2, 0.25) is 0 Å². The normalized spacial score (nSPS) is 13.6. The molecule has 6 heteroatoms. The first-order valence-electron chi connectivity index (χ1n) is 7.86.